The highest BCUT2D eigenvalue weighted by molar-refractivity contribution is 7.12. The zero-order chi connectivity index (χ0) is 14.6. The smallest absolute Gasteiger partial charge is 0.192 e. The average Bonchev–Trinajstić information content (AvgIpc) is 3.07. The first-order chi connectivity index (χ1) is 10.0. The zero-order valence-corrected chi connectivity index (χ0v) is 13.4. The van der Waals surface area contributed by atoms with Gasteiger partial charge in [-0.05, 0) is 43.5 Å². The van der Waals surface area contributed by atoms with Crippen LogP contribution in [0.4, 0.5) is 0 Å². The van der Waals surface area contributed by atoms with E-state index in [4.69, 9.17) is 21.4 Å². The van der Waals surface area contributed by atoms with E-state index in [-0.39, 0.29) is 6.04 Å². The summed E-state index contributed by atoms with van der Waals surface area (Å²) in [5.41, 5.74) is 1.79. The van der Waals surface area contributed by atoms with Gasteiger partial charge in [0.1, 0.15) is 5.75 Å². The Bertz CT molecular complexity index is 724. The van der Waals surface area contributed by atoms with Crippen molar-refractivity contribution in [3.8, 4) is 5.75 Å². The van der Waals surface area contributed by atoms with Gasteiger partial charge in [0.05, 0.1) is 16.6 Å². The van der Waals surface area contributed by atoms with E-state index in [0.29, 0.717) is 0 Å². The van der Waals surface area contributed by atoms with Gasteiger partial charge in [0.15, 0.2) is 5.72 Å². The molecule has 0 bridgehead atoms. The molecular formula is C16H15ClN2OS. The molecule has 5 heteroatoms. The number of hydrazone groups is 1. The molecule has 2 aliphatic rings. The molecule has 2 aromatic rings. The van der Waals surface area contributed by atoms with Crippen molar-refractivity contribution >= 4 is 28.6 Å². The molecule has 21 heavy (non-hydrogen) atoms. The third-order valence-corrected chi connectivity index (χ3v) is 5.11. The number of fused-ring (bicyclic) bond motifs is 3. The maximum Gasteiger partial charge on any atom is 0.192 e. The van der Waals surface area contributed by atoms with Crippen molar-refractivity contribution in [1.82, 2.24) is 5.01 Å². The van der Waals surface area contributed by atoms with Crippen molar-refractivity contribution in [3.05, 3.63) is 51.2 Å². The summed E-state index contributed by atoms with van der Waals surface area (Å²) in [6, 6.07) is 10.2. The Labute approximate surface area is 132 Å². The van der Waals surface area contributed by atoms with Crippen molar-refractivity contribution in [2.24, 2.45) is 5.10 Å². The molecule has 3 heterocycles. The van der Waals surface area contributed by atoms with Gasteiger partial charge in [-0.15, -0.1) is 11.3 Å². The number of rotatable bonds is 1. The predicted octanol–water partition coefficient (Wildman–Crippen LogP) is 4.68. The summed E-state index contributed by atoms with van der Waals surface area (Å²) in [6.45, 7) is 4.11. The van der Waals surface area contributed by atoms with Crippen LogP contribution in [0.25, 0.3) is 0 Å². The summed E-state index contributed by atoms with van der Waals surface area (Å²) in [7, 11) is 0. The quantitative estimate of drug-likeness (QED) is 0.762. The Morgan fingerprint density at radius 1 is 1.38 bits per heavy atom. The van der Waals surface area contributed by atoms with E-state index in [1.807, 2.05) is 18.2 Å². The molecule has 4 rings (SSSR count). The van der Waals surface area contributed by atoms with Crippen LogP contribution in [-0.2, 0) is 0 Å². The normalized spacial score (nSPS) is 22.3. The lowest BCUT2D eigenvalue weighted by atomic mass is 9.97. The van der Waals surface area contributed by atoms with Gasteiger partial charge in [0.2, 0.25) is 0 Å². The van der Waals surface area contributed by atoms with Gasteiger partial charge in [0, 0.05) is 17.0 Å². The Kier molecular flexibility index (Phi) is 2.81. The lowest BCUT2D eigenvalue weighted by Gasteiger charge is -2.43. The molecule has 2 aliphatic heterocycles. The molecule has 3 nitrogen and oxygen atoms in total. The van der Waals surface area contributed by atoms with Gasteiger partial charge in [-0.1, -0.05) is 17.7 Å². The summed E-state index contributed by atoms with van der Waals surface area (Å²) >= 11 is 7.89. The second kappa shape index (κ2) is 4.49. The molecule has 108 valence electrons. The topological polar surface area (TPSA) is 24.8 Å². The maximum absolute atomic E-state index is 6.16. The number of hydrogen-bond acceptors (Lipinski definition) is 4. The molecule has 0 saturated carbocycles. The second-order valence-corrected chi connectivity index (χ2v) is 7.20. The first-order valence-electron chi connectivity index (χ1n) is 6.94. The Morgan fingerprint density at radius 3 is 3.00 bits per heavy atom. The van der Waals surface area contributed by atoms with Crippen molar-refractivity contribution < 1.29 is 4.74 Å². The molecular weight excluding hydrogens is 304 g/mol. The standard InChI is InChI=1S/C16H15ClN2OS/c1-16(2)19-13(9-12(18-19)15-4-3-7-21-15)11-8-10(17)5-6-14(11)20-16/h3-8,13H,9H2,1-2H3/t13-/m0/s1. The Balaban J connectivity index is 1.80. The first kappa shape index (κ1) is 13.2. The van der Waals surface area contributed by atoms with Crippen LogP contribution in [0.5, 0.6) is 5.75 Å². The van der Waals surface area contributed by atoms with Crippen LogP contribution in [0.1, 0.15) is 36.8 Å². The third-order valence-electron chi connectivity index (χ3n) is 3.96. The van der Waals surface area contributed by atoms with Crippen LogP contribution in [0, 0.1) is 0 Å². The first-order valence-corrected chi connectivity index (χ1v) is 8.19. The van der Waals surface area contributed by atoms with Crippen molar-refractivity contribution in [2.45, 2.75) is 32.0 Å². The van der Waals surface area contributed by atoms with Crippen LogP contribution < -0.4 is 4.74 Å². The van der Waals surface area contributed by atoms with E-state index in [1.54, 1.807) is 11.3 Å². The number of benzene rings is 1. The summed E-state index contributed by atoms with van der Waals surface area (Å²) in [4.78, 5) is 1.23. The highest BCUT2D eigenvalue weighted by atomic mass is 35.5. The van der Waals surface area contributed by atoms with E-state index in [1.165, 1.54) is 4.88 Å². The van der Waals surface area contributed by atoms with Crippen molar-refractivity contribution in [3.63, 3.8) is 0 Å². The number of ether oxygens (including phenoxy) is 1. The minimum atomic E-state index is -0.454. The molecule has 0 fully saturated rings. The highest BCUT2D eigenvalue weighted by Crippen LogP contribution is 2.47. The van der Waals surface area contributed by atoms with Gasteiger partial charge in [-0.2, -0.15) is 5.10 Å². The minimum absolute atomic E-state index is 0.194. The van der Waals surface area contributed by atoms with Gasteiger partial charge in [-0.3, -0.25) is 0 Å². The van der Waals surface area contributed by atoms with E-state index in [9.17, 15) is 0 Å². The lowest BCUT2D eigenvalue weighted by molar-refractivity contribution is -0.0911. The monoisotopic (exact) mass is 318 g/mol. The van der Waals surface area contributed by atoms with E-state index in [0.717, 1.165) is 28.5 Å². The summed E-state index contributed by atoms with van der Waals surface area (Å²) < 4.78 is 6.12. The molecule has 0 aliphatic carbocycles. The number of thiophene rings is 1. The van der Waals surface area contributed by atoms with Gasteiger partial charge < -0.3 is 4.74 Å². The van der Waals surface area contributed by atoms with Crippen LogP contribution in [0.15, 0.2) is 40.8 Å². The highest BCUT2D eigenvalue weighted by Gasteiger charge is 2.44. The van der Waals surface area contributed by atoms with E-state index in [2.05, 4.69) is 36.4 Å². The zero-order valence-electron chi connectivity index (χ0n) is 11.8. The number of hydrogen-bond donors (Lipinski definition) is 0. The Hall–Kier alpha value is -1.52. The summed E-state index contributed by atoms with van der Waals surface area (Å²) in [5.74, 6) is 0.910. The van der Waals surface area contributed by atoms with Crippen molar-refractivity contribution in [2.75, 3.05) is 0 Å². The SMILES string of the molecule is CC1(C)Oc2ccc(Cl)cc2[C@@H]2CC(c3cccs3)=NN21. The fourth-order valence-electron chi connectivity index (χ4n) is 3.03. The van der Waals surface area contributed by atoms with E-state index >= 15 is 0 Å². The van der Waals surface area contributed by atoms with Gasteiger partial charge in [-0.25, -0.2) is 5.01 Å². The maximum atomic E-state index is 6.16. The van der Waals surface area contributed by atoms with Crippen molar-refractivity contribution in [1.29, 1.82) is 0 Å². The largest absolute Gasteiger partial charge is 0.467 e. The van der Waals surface area contributed by atoms with Crippen LogP contribution >= 0.6 is 22.9 Å². The van der Waals surface area contributed by atoms with Crippen LogP contribution in [-0.4, -0.2) is 16.4 Å². The lowest BCUT2D eigenvalue weighted by Crippen LogP contribution is -2.48. The molecule has 0 spiro atoms. The predicted molar refractivity (Wildman–Crippen MR) is 86.2 cm³/mol. The molecule has 0 unspecified atom stereocenters. The second-order valence-electron chi connectivity index (χ2n) is 5.82. The summed E-state index contributed by atoms with van der Waals surface area (Å²) in [6.07, 6.45) is 0.890. The van der Waals surface area contributed by atoms with E-state index < -0.39 is 5.72 Å². The molecule has 0 amide bonds. The average molecular weight is 319 g/mol. The fourth-order valence-corrected chi connectivity index (χ4v) is 3.93. The molecule has 0 saturated heterocycles. The number of halogens is 1. The van der Waals surface area contributed by atoms with Crippen LogP contribution in [0.2, 0.25) is 5.02 Å². The van der Waals surface area contributed by atoms with Gasteiger partial charge in [0.25, 0.3) is 0 Å². The fraction of sp³-hybridized carbons (Fsp3) is 0.312. The molecule has 1 atom stereocenters. The molecule has 1 aromatic carbocycles. The minimum Gasteiger partial charge on any atom is -0.467 e. The molecule has 1 aromatic heterocycles. The summed E-state index contributed by atoms with van der Waals surface area (Å²) in [5, 5.41) is 9.72. The molecule has 0 radical (unpaired) electrons. The van der Waals surface area contributed by atoms with Gasteiger partial charge >= 0.3 is 0 Å². The number of nitrogens with zero attached hydrogens (tertiary/aromatic N) is 2. The van der Waals surface area contributed by atoms with Crippen LogP contribution in [0.3, 0.4) is 0 Å². The third kappa shape index (κ3) is 2.05. The Morgan fingerprint density at radius 2 is 2.24 bits per heavy atom. The molecule has 0 N–H and O–H groups in total.